The second-order valence-corrected chi connectivity index (χ2v) is 7.94. The first-order valence-electron chi connectivity index (χ1n) is 11.3. The van der Waals surface area contributed by atoms with E-state index < -0.39 is 0 Å². The summed E-state index contributed by atoms with van der Waals surface area (Å²) in [5.74, 6) is 2.45. The van der Waals surface area contributed by atoms with Crippen molar-refractivity contribution < 1.29 is 23.4 Å². The molecule has 4 rings (SSSR count). The molecule has 6 nitrogen and oxygen atoms in total. The van der Waals surface area contributed by atoms with Crippen LogP contribution in [0.25, 0.3) is 28.4 Å². The first kappa shape index (κ1) is 24.0. The van der Waals surface area contributed by atoms with E-state index in [1.807, 2.05) is 6.08 Å². The quantitative estimate of drug-likeness (QED) is 0.258. The summed E-state index contributed by atoms with van der Waals surface area (Å²) in [6.45, 7) is 4.33. The molecule has 1 heterocycles. The van der Waals surface area contributed by atoms with Crippen LogP contribution in [0.5, 0.6) is 23.0 Å². The van der Waals surface area contributed by atoms with Crippen molar-refractivity contribution in [2.75, 3.05) is 27.9 Å². The highest BCUT2D eigenvalue weighted by molar-refractivity contribution is 5.80. The normalized spacial score (nSPS) is 10.7. The standard InChI is InChI=1S/C29H28O6/c1-5-19-8-10-20(11-9-19)7-6-14-34-22-12-13-23-24(30)18-25(35-26(23)17-22)21-15-27(31-2)29(33-4)28(16-21)32-3/h5,8-13,15-18H,1,6-7,14H2,2-4H3. The SMILES string of the molecule is C=Cc1ccc(CCCOc2ccc3c(=O)cc(-c4cc(OC)c(OC)c(OC)c4)oc3c2)cc1. The summed E-state index contributed by atoms with van der Waals surface area (Å²) in [6, 6.07) is 18.5. The smallest absolute Gasteiger partial charge is 0.203 e. The molecule has 0 aliphatic heterocycles. The summed E-state index contributed by atoms with van der Waals surface area (Å²) >= 11 is 0. The molecule has 4 aromatic rings. The van der Waals surface area contributed by atoms with Crippen molar-refractivity contribution in [3.63, 3.8) is 0 Å². The van der Waals surface area contributed by atoms with Crippen molar-refractivity contribution in [3.8, 4) is 34.3 Å². The van der Waals surface area contributed by atoms with E-state index in [-0.39, 0.29) is 5.43 Å². The van der Waals surface area contributed by atoms with E-state index in [0.717, 1.165) is 18.4 Å². The minimum absolute atomic E-state index is 0.149. The number of methoxy groups -OCH3 is 3. The minimum Gasteiger partial charge on any atom is -0.493 e. The van der Waals surface area contributed by atoms with Crippen LogP contribution in [0.2, 0.25) is 0 Å². The lowest BCUT2D eigenvalue weighted by molar-refractivity contribution is 0.311. The summed E-state index contributed by atoms with van der Waals surface area (Å²) in [7, 11) is 4.62. The fraction of sp³-hybridized carbons (Fsp3) is 0.207. The Bertz CT molecular complexity index is 1360. The molecule has 0 radical (unpaired) electrons. The number of fused-ring (bicyclic) bond motifs is 1. The van der Waals surface area contributed by atoms with Gasteiger partial charge in [-0.15, -0.1) is 0 Å². The Kier molecular flexibility index (Phi) is 7.41. The molecule has 0 N–H and O–H groups in total. The van der Waals surface area contributed by atoms with Gasteiger partial charge in [-0.3, -0.25) is 4.79 Å². The molecule has 0 saturated heterocycles. The number of benzene rings is 3. The average molecular weight is 473 g/mol. The zero-order valence-corrected chi connectivity index (χ0v) is 20.1. The summed E-state index contributed by atoms with van der Waals surface area (Å²) in [5.41, 5.74) is 3.28. The Morgan fingerprint density at radius 2 is 1.60 bits per heavy atom. The van der Waals surface area contributed by atoms with E-state index in [9.17, 15) is 4.79 Å². The highest BCUT2D eigenvalue weighted by Gasteiger charge is 2.16. The lowest BCUT2D eigenvalue weighted by Gasteiger charge is -2.14. The van der Waals surface area contributed by atoms with Gasteiger partial charge in [0, 0.05) is 17.7 Å². The van der Waals surface area contributed by atoms with Gasteiger partial charge in [0.1, 0.15) is 17.1 Å². The summed E-state index contributed by atoms with van der Waals surface area (Å²) in [6.07, 6.45) is 3.60. The van der Waals surface area contributed by atoms with Crippen LogP contribution in [-0.2, 0) is 6.42 Å². The molecule has 0 aliphatic rings. The maximum atomic E-state index is 12.8. The van der Waals surface area contributed by atoms with Crippen LogP contribution in [-0.4, -0.2) is 27.9 Å². The molecule has 0 bridgehead atoms. The average Bonchev–Trinajstić information content (AvgIpc) is 2.90. The maximum absolute atomic E-state index is 12.8. The van der Waals surface area contributed by atoms with Crippen LogP contribution in [0.15, 0.2) is 76.5 Å². The van der Waals surface area contributed by atoms with Gasteiger partial charge >= 0.3 is 0 Å². The lowest BCUT2D eigenvalue weighted by atomic mass is 10.1. The first-order chi connectivity index (χ1) is 17.1. The third-order valence-electron chi connectivity index (χ3n) is 5.74. The molecule has 0 unspecified atom stereocenters. The van der Waals surface area contributed by atoms with E-state index in [1.165, 1.54) is 33.0 Å². The summed E-state index contributed by atoms with van der Waals surface area (Å²) in [4.78, 5) is 12.8. The van der Waals surface area contributed by atoms with E-state index in [0.29, 0.717) is 51.9 Å². The number of rotatable bonds is 10. The Balaban J connectivity index is 1.54. The molecule has 3 aromatic carbocycles. The fourth-order valence-corrected chi connectivity index (χ4v) is 3.88. The predicted octanol–water partition coefficient (Wildman–Crippen LogP) is 6.14. The second kappa shape index (κ2) is 10.8. The second-order valence-electron chi connectivity index (χ2n) is 7.94. The van der Waals surface area contributed by atoms with Crippen LogP contribution in [0, 0.1) is 0 Å². The van der Waals surface area contributed by atoms with Crippen molar-refractivity contribution in [1.82, 2.24) is 0 Å². The van der Waals surface area contributed by atoms with Gasteiger partial charge in [-0.1, -0.05) is 36.9 Å². The Hall–Kier alpha value is -4.19. The Morgan fingerprint density at radius 3 is 2.23 bits per heavy atom. The third-order valence-corrected chi connectivity index (χ3v) is 5.74. The van der Waals surface area contributed by atoms with Crippen LogP contribution in [0.3, 0.4) is 0 Å². The zero-order valence-electron chi connectivity index (χ0n) is 20.1. The van der Waals surface area contributed by atoms with Crippen molar-refractivity contribution >= 4 is 17.0 Å². The molecule has 0 atom stereocenters. The number of hydrogen-bond donors (Lipinski definition) is 0. The number of hydrogen-bond acceptors (Lipinski definition) is 6. The van der Waals surface area contributed by atoms with Gasteiger partial charge in [-0.05, 0) is 48.2 Å². The Morgan fingerprint density at radius 1 is 0.886 bits per heavy atom. The van der Waals surface area contributed by atoms with E-state index in [2.05, 4.69) is 30.8 Å². The topological polar surface area (TPSA) is 67.1 Å². The van der Waals surface area contributed by atoms with Gasteiger partial charge in [-0.25, -0.2) is 0 Å². The number of aryl methyl sites for hydroxylation is 1. The molecule has 0 aliphatic carbocycles. The van der Waals surface area contributed by atoms with Crippen molar-refractivity contribution in [2.45, 2.75) is 12.8 Å². The summed E-state index contributed by atoms with van der Waals surface area (Å²) < 4.78 is 28.3. The predicted molar refractivity (Wildman–Crippen MR) is 138 cm³/mol. The molecule has 0 amide bonds. The van der Waals surface area contributed by atoms with E-state index in [1.54, 1.807) is 30.3 Å². The highest BCUT2D eigenvalue weighted by atomic mass is 16.5. The molecule has 35 heavy (non-hydrogen) atoms. The van der Waals surface area contributed by atoms with Crippen molar-refractivity contribution in [1.29, 1.82) is 0 Å². The molecule has 6 heteroatoms. The van der Waals surface area contributed by atoms with Crippen molar-refractivity contribution in [2.24, 2.45) is 0 Å². The molecule has 0 spiro atoms. The highest BCUT2D eigenvalue weighted by Crippen LogP contribution is 2.41. The van der Waals surface area contributed by atoms with Gasteiger partial charge in [0.25, 0.3) is 0 Å². The van der Waals surface area contributed by atoms with Gasteiger partial charge < -0.3 is 23.4 Å². The van der Waals surface area contributed by atoms with Crippen LogP contribution in [0.1, 0.15) is 17.5 Å². The van der Waals surface area contributed by atoms with Crippen molar-refractivity contribution in [3.05, 3.63) is 88.6 Å². The number of ether oxygens (including phenoxy) is 4. The minimum atomic E-state index is -0.149. The van der Waals surface area contributed by atoms with E-state index >= 15 is 0 Å². The van der Waals surface area contributed by atoms with Crippen LogP contribution in [0.4, 0.5) is 0 Å². The molecular formula is C29H28O6. The van der Waals surface area contributed by atoms with Gasteiger partial charge in [-0.2, -0.15) is 0 Å². The van der Waals surface area contributed by atoms with Gasteiger partial charge in [0.05, 0.1) is 33.3 Å². The maximum Gasteiger partial charge on any atom is 0.203 e. The molecule has 0 saturated carbocycles. The first-order valence-corrected chi connectivity index (χ1v) is 11.3. The van der Waals surface area contributed by atoms with Gasteiger partial charge in [0.2, 0.25) is 5.75 Å². The van der Waals surface area contributed by atoms with E-state index in [4.69, 9.17) is 23.4 Å². The molecule has 180 valence electrons. The van der Waals surface area contributed by atoms with Crippen LogP contribution < -0.4 is 24.4 Å². The van der Waals surface area contributed by atoms with Gasteiger partial charge in [0.15, 0.2) is 16.9 Å². The molecular weight excluding hydrogens is 444 g/mol. The monoisotopic (exact) mass is 472 g/mol. The summed E-state index contributed by atoms with van der Waals surface area (Å²) in [5, 5.41) is 0.482. The van der Waals surface area contributed by atoms with Crippen LogP contribution >= 0.6 is 0 Å². The largest absolute Gasteiger partial charge is 0.493 e. The molecule has 1 aromatic heterocycles. The fourth-order valence-electron chi connectivity index (χ4n) is 3.88. The Labute approximate surface area is 204 Å². The molecule has 0 fully saturated rings. The lowest BCUT2D eigenvalue weighted by Crippen LogP contribution is -2.03. The third kappa shape index (κ3) is 5.32. The zero-order chi connectivity index (χ0) is 24.8.